The third-order valence-electron chi connectivity index (χ3n) is 8.95. The lowest BCUT2D eigenvalue weighted by atomic mass is 9.86. The molecule has 10 heteroatoms. The van der Waals surface area contributed by atoms with E-state index in [1.165, 1.54) is 44.2 Å². The number of hydrazine groups is 1. The summed E-state index contributed by atoms with van der Waals surface area (Å²) < 4.78 is 18.6. The summed E-state index contributed by atoms with van der Waals surface area (Å²) in [6.07, 6.45) is 10.3. The Balaban J connectivity index is 1.35. The first kappa shape index (κ1) is 33.1. The molecule has 2 fully saturated rings. The number of benzene rings is 2. The molecular formula is C36H47N5O5. The van der Waals surface area contributed by atoms with Gasteiger partial charge in [0.15, 0.2) is 6.73 Å². The minimum Gasteiger partial charge on any atom is -0.490 e. The molecule has 4 N–H and O–H groups in total. The molecule has 3 aromatic rings. The first-order chi connectivity index (χ1) is 22.0. The van der Waals surface area contributed by atoms with Crippen LogP contribution in [0, 0.1) is 17.3 Å². The van der Waals surface area contributed by atoms with Crippen molar-refractivity contribution in [2.45, 2.75) is 78.2 Å². The highest BCUT2D eigenvalue weighted by molar-refractivity contribution is 5.91. The van der Waals surface area contributed by atoms with Crippen LogP contribution in [0.4, 0.5) is 0 Å². The number of hydrogen-bond acceptors (Lipinski definition) is 9. The maximum Gasteiger partial charge on any atom is 0.341 e. The van der Waals surface area contributed by atoms with Crippen molar-refractivity contribution in [2.75, 3.05) is 13.8 Å². The van der Waals surface area contributed by atoms with Crippen LogP contribution in [-0.2, 0) is 14.3 Å². The van der Waals surface area contributed by atoms with Gasteiger partial charge in [-0.3, -0.25) is 9.80 Å². The molecule has 10 nitrogen and oxygen atoms in total. The average Bonchev–Trinajstić information content (AvgIpc) is 3.73. The van der Waals surface area contributed by atoms with Crippen molar-refractivity contribution in [2.24, 2.45) is 28.8 Å². The molecule has 2 unspecified atom stereocenters. The molecule has 2 aliphatic carbocycles. The van der Waals surface area contributed by atoms with E-state index in [-0.39, 0.29) is 30.6 Å². The summed E-state index contributed by atoms with van der Waals surface area (Å²) in [4.78, 5) is 24.9. The second-order valence-electron chi connectivity index (χ2n) is 13.5. The molecule has 3 atom stereocenters. The predicted octanol–water partition coefficient (Wildman–Crippen LogP) is 6.30. The molecule has 1 aromatic heterocycles. The predicted molar refractivity (Wildman–Crippen MR) is 177 cm³/mol. The maximum absolute atomic E-state index is 12.8. The number of nitrogens with two attached hydrogens (primary N) is 2. The highest BCUT2D eigenvalue weighted by atomic mass is 16.5. The lowest BCUT2D eigenvalue weighted by Gasteiger charge is -2.28. The van der Waals surface area contributed by atoms with Crippen LogP contribution in [0.1, 0.15) is 88.2 Å². The Labute approximate surface area is 271 Å². The summed E-state index contributed by atoms with van der Waals surface area (Å²) >= 11 is 0. The van der Waals surface area contributed by atoms with Crippen molar-refractivity contribution in [1.82, 2.24) is 14.8 Å². The van der Waals surface area contributed by atoms with Crippen molar-refractivity contribution in [1.29, 1.82) is 0 Å². The van der Waals surface area contributed by atoms with Crippen molar-refractivity contribution >= 4 is 11.9 Å². The molecular weight excluding hydrogens is 582 g/mol. The smallest absolute Gasteiger partial charge is 0.341 e. The van der Waals surface area contributed by atoms with Gasteiger partial charge in [0.25, 0.3) is 0 Å². The first-order valence-electron chi connectivity index (χ1n) is 16.2. The Morgan fingerprint density at radius 1 is 1.09 bits per heavy atom. The van der Waals surface area contributed by atoms with Gasteiger partial charge in [-0.25, -0.2) is 15.3 Å². The number of aromatic nitrogens is 2. The number of hydrogen-bond donors (Lipinski definition) is 2. The minimum absolute atomic E-state index is 0.0774. The van der Waals surface area contributed by atoms with Crippen molar-refractivity contribution in [3.8, 4) is 22.6 Å². The third kappa shape index (κ3) is 7.73. The van der Waals surface area contributed by atoms with E-state index in [1.807, 2.05) is 24.3 Å². The first-order valence-corrected chi connectivity index (χ1v) is 16.2. The Kier molecular flexibility index (Phi) is 10.1. The zero-order chi connectivity index (χ0) is 33.0. The lowest BCUT2D eigenvalue weighted by Crippen LogP contribution is -2.33. The van der Waals surface area contributed by atoms with Crippen molar-refractivity contribution in [3.63, 3.8) is 0 Å². The largest absolute Gasteiger partial charge is 0.490 e. The molecule has 2 saturated carbocycles. The maximum atomic E-state index is 12.8. The summed E-state index contributed by atoms with van der Waals surface area (Å²) in [5, 5.41) is 5.88. The minimum atomic E-state index is -0.638. The van der Waals surface area contributed by atoms with E-state index in [9.17, 15) is 9.59 Å². The van der Waals surface area contributed by atoms with Gasteiger partial charge in [-0.1, -0.05) is 43.5 Å². The van der Waals surface area contributed by atoms with E-state index in [0.29, 0.717) is 23.6 Å². The van der Waals surface area contributed by atoms with Crippen LogP contribution >= 0.6 is 0 Å². The van der Waals surface area contributed by atoms with E-state index in [1.54, 1.807) is 37.8 Å². The molecule has 2 aliphatic rings. The van der Waals surface area contributed by atoms with Gasteiger partial charge >= 0.3 is 11.9 Å². The summed E-state index contributed by atoms with van der Waals surface area (Å²) in [6.45, 7) is 7.38. The normalized spacial score (nSPS) is 19.3. The molecule has 246 valence electrons. The number of allylic oxidation sites excluding steroid dienone is 1. The molecule has 0 bridgehead atoms. The number of rotatable bonds is 11. The molecule has 0 spiro atoms. The number of carbonyl (C=O) groups excluding carboxylic acids is 2. The zero-order valence-electron chi connectivity index (χ0n) is 27.6. The number of esters is 2. The summed E-state index contributed by atoms with van der Waals surface area (Å²) in [7, 11) is 1.36. The molecule has 0 saturated heterocycles. The number of carbonyl (C=O) groups is 2. The van der Waals surface area contributed by atoms with Crippen molar-refractivity contribution < 1.29 is 23.8 Å². The van der Waals surface area contributed by atoms with Gasteiger partial charge < -0.3 is 19.9 Å². The second kappa shape index (κ2) is 14.0. The molecule has 5 rings (SSSR count). The van der Waals surface area contributed by atoms with Crippen LogP contribution < -0.4 is 16.3 Å². The van der Waals surface area contributed by atoms with Crippen LogP contribution in [-0.4, -0.2) is 46.7 Å². The third-order valence-corrected chi connectivity index (χ3v) is 8.95. The van der Waals surface area contributed by atoms with Gasteiger partial charge in [0.1, 0.15) is 11.3 Å². The summed E-state index contributed by atoms with van der Waals surface area (Å²) in [5.74, 6) is 6.54. The van der Waals surface area contributed by atoms with Gasteiger partial charge in [0.05, 0.1) is 36.2 Å². The summed E-state index contributed by atoms with van der Waals surface area (Å²) in [5.41, 5.74) is 10.3. The van der Waals surface area contributed by atoms with Gasteiger partial charge in [-0.05, 0) is 88.3 Å². The van der Waals surface area contributed by atoms with E-state index in [0.717, 1.165) is 28.3 Å². The fourth-order valence-electron chi connectivity index (χ4n) is 6.21. The molecule has 1 heterocycles. The fourth-order valence-corrected chi connectivity index (χ4v) is 6.21. The van der Waals surface area contributed by atoms with Crippen molar-refractivity contribution in [3.05, 3.63) is 77.9 Å². The Morgan fingerprint density at radius 3 is 2.48 bits per heavy atom. The fraction of sp³-hybridized carbons (Fsp3) is 0.472. The standard InChI is InChI=1S/C36H47N5O5/c1-23(24-11-7-6-8-12-24)46-28-16-10-14-26(18-28)25-13-9-15-27(17-25)41-33(31(20-39-41)34(42)44-5)30-19-29(30)32(37)21-40(38)22-45-35(43)36(2,3)4/h9-10,13-18,20-21,23-24,29-30H,6-8,11-12,19,22,37-38H2,1-5H3/b32-21-/t23?,29?,30-/m1/s1. The topological polar surface area (TPSA) is 135 Å². The number of methoxy groups -OCH3 is 1. The van der Waals surface area contributed by atoms with Crippen LogP contribution in [0.25, 0.3) is 16.8 Å². The monoisotopic (exact) mass is 629 g/mol. The zero-order valence-corrected chi connectivity index (χ0v) is 27.6. The Morgan fingerprint density at radius 2 is 1.78 bits per heavy atom. The molecule has 0 radical (unpaired) electrons. The SMILES string of the molecule is COC(=O)c1cnn(-c2cccc(-c3cccc(OC(C)C4CCCCC4)c3)c2)c1[C@@H]1CC1/C(N)=C/N(N)COC(=O)C(C)(C)C. The Bertz CT molecular complexity index is 1570. The van der Waals surface area contributed by atoms with E-state index in [4.69, 9.17) is 25.8 Å². The number of ether oxygens (including phenoxy) is 3. The highest BCUT2D eigenvalue weighted by Crippen LogP contribution is 2.52. The number of nitrogens with zero attached hydrogens (tertiary/aromatic N) is 3. The summed E-state index contributed by atoms with van der Waals surface area (Å²) in [6, 6.07) is 16.3. The highest BCUT2D eigenvalue weighted by Gasteiger charge is 2.45. The molecule has 0 aliphatic heterocycles. The molecule has 46 heavy (non-hydrogen) atoms. The quantitative estimate of drug-likeness (QED) is 0.108. The molecule has 2 aromatic carbocycles. The average molecular weight is 630 g/mol. The van der Waals surface area contributed by atoms with Gasteiger partial charge in [0.2, 0.25) is 0 Å². The lowest BCUT2D eigenvalue weighted by molar-refractivity contribution is -0.156. The van der Waals surface area contributed by atoms with Crippen LogP contribution in [0.2, 0.25) is 0 Å². The Hall–Kier alpha value is -4.31. The van der Waals surface area contributed by atoms with Crippen LogP contribution in [0.15, 0.2) is 66.6 Å². The van der Waals surface area contributed by atoms with Crippen LogP contribution in [0.3, 0.4) is 0 Å². The van der Waals surface area contributed by atoms with E-state index in [2.05, 4.69) is 36.3 Å². The van der Waals surface area contributed by atoms with E-state index >= 15 is 0 Å². The van der Waals surface area contributed by atoms with Gasteiger partial charge in [0, 0.05) is 23.7 Å². The van der Waals surface area contributed by atoms with E-state index < -0.39 is 11.4 Å². The van der Waals surface area contributed by atoms with Gasteiger partial charge in [-0.2, -0.15) is 5.10 Å². The van der Waals surface area contributed by atoms with Gasteiger partial charge in [-0.15, -0.1) is 0 Å². The molecule has 0 amide bonds. The second-order valence-corrected chi connectivity index (χ2v) is 13.5. The van der Waals surface area contributed by atoms with Crippen LogP contribution in [0.5, 0.6) is 5.75 Å².